The van der Waals surface area contributed by atoms with Gasteiger partial charge in [-0.25, -0.2) is 0 Å². The average molecular weight is 362 g/mol. The van der Waals surface area contributed by atoms with Gasteiger partial charge in [0.2, 0.25) is 5.91 Å². The van der Waals surface area contributed by atoms with E-state index in [9.17, 15) is 4.79 Å². The molecule has 0 unspecified atom stereocenters. The van der Waals surface area contributed by atoms with Crippen LogP contribution in [-0.2, 0) is 18.4 Å². The number of carbonyl (C=O) groups excluding carboxylic acids is 1. The van der Waals surface area contributed by atoms with Crippen LogP contribution in [0, 0.1) is 0 Å². The first-order valence-electron chi connectivity index (χ1n) is 8.53. The summed E-state index contributed by atoms with van der Waals surface area (Å²) in [6, 6.07) is 7.82. The molecule has 0 bridgehead atoms. The molecule has 134 valence electrons. The number of primary amides is 1. The van der Waals surface area contributed by atoms with Crippen molar-refractivity contribution in [2.75, 3.05) is 32.7 Å². The lowest BCUT2D eigenvalue weighted by Gasteiger charge is -2.34. The lowest BCUT2D eigenvalue weighted by molar-refractivity contribution is -0.118. The number of halogens is 1. The summed E-state index contributed by atoms with van der Waals surface area (Å²) in [6.45, 7) is 5.48. The molecular weight excluding hydrogens is 338 g/mol. The first-order valence-corrected chi connectivity index (χ1v) is 8.90. The van der Waals surface area contributed by atoms with Crippen LogP contribution in [0.3, 0.4) is 0 Å². The molecule has 2 heterocycles. The van der Waals surface area contributed by atoms with E-state index in [0.717, 1.165) is 55.5 Å². The van der Waals surface area contributed by atoms with Gasteiger partial charge in [0, 0.05) is 75.1 Å². The van der Waals surface area contributed by atoms with Crippen LogP contribution < -0.4 is 5.73 Å². The van der Waals surface area contributed by atoms with E-state index in [-0.39, 0.29) is 5.91 Å². The minimum atomic E-state index is -0.232. The smallest absolute Gasteiger partial charge is 0.218 e. The Morgan fingerprint density at radius 1 is 1.24 bits per heavy atom. The molecule has 3 rings (SSSR count). The number of hydrogen-bond acceptors (Lipinski definition) is 4. The van der Waals surface area contributed by atoms with E-state index in [1.807, 2.05) is 36.0 Å². The highest BCUT2D eigenvalue weighted by Crippen LogP contribution is 2.25. The molecule has 1 aliphatic heterocycles. The minimum Gasteiger partial charge on any atom is -0.370 e. The van der Waals surface area contributed by atoms with E-state index in [4.69, 9.17) is 17.3 Å². The topological polar surface area (TPSA) is 67.4 Å². The lowest BCUT2D eigenvalue weighted by Crippen LogP contribution is -2.46. The van der Waals surface area contributed by atoms with Crippen LogP contribution in [0.5, 0.6) is 0 Å². The van der Waals surface area contributed by atoms with Gasteiger partial charge in [0.25, 0.3) is 0 Å². The minimum absolute atomic E-state index is 0.232. The monoisotopic (exact) mass is 361 g/mol. The number of piperazine rings is 1. The van der Waals surface area contributed by atoms with Crippen LogP contribution in [0.25, 0.3) is 11.3 Å². The Morgan fingerprint density at radius 3 is 2.64 bits per heavy atom. The zero-order valence-corrected chi connectivity index (χ0v) is 15.2. The second-order valence-electron chi connectivity index (χ2n) is 6.52. The zero-order chi connectivity index (χ0) is 17.8. The van der Waals surface area contributed by atoms with Gasteiger partial charge in [-0.05, 0) is 12.1 Å². The first-order chi connectivity index (χ1) is 12.0. The molecule has 0 saturated carbocycles. The Hall–Kier alpha value is -1.89. The van der Waals surface area contributed by atoms with Crippen LogP contribution in [0.15, 0.2) is 30.5 Å². The summed E-state index contributed by atoms with van der Waals surface area (Å²) in [5.74, 6) is -0.232. The van der Waals surface area contributed by atoms with E-state index in [1.165, 1.54) is 5.56 Å². The molecule has 0 radical (unpaired) electrons. The molecule has 6 nitrogen and oxygen atoms in total. The largest absolute Gasteiger partial charge is 0.370 e. The maximum absolute atomic E-state index is 10.9. The summed E-state index contributed by atoms with van der Waals surface area (Å²) in [7, 11) is 1.94. The van der Waals surface area contributed by atoms with Crippen molar-refractivity contribution >= 4 is 17.5 Å². The van der Waals surface area contributed by atoms with Crippen molar-refractivity contribution in [2.45, 2.75) is 13.0 Å². The fraction of sp³-hybridized carbons (Fsp3) is 0.444. The van der Waals surface area contributed by atoms with Gasteiger partial charge in [0.1, 0.15) is 0 Å². The molecule has 0 aliphatic carbocycles. The number of amides is 1. The third-order valence-corrected chi connectivity index (χ3v) is 4.77. The maximum Gasteiger partial charge on any atom is 0.218 e. The molecule has 1 saturated heterocycles. The van der Waals surface area contributed by atoms with E-state index in [0.29, 0.717) is 6.42 Å². The van der Waals surface area contributed by atoms with Crippen LogP contribution in [0.2, 0.25) is 5.02 Å². The van der Waals surface area contributed by atoms with Crippen LogP contribution in [-0.4, -0.2) is 58.2 Å². The molecule has 7 heteroatoms. The van der Waals surface area contributed by atoms with Crippen molar-refractivity contribution < 1.29 is 4.79 Å². The molecule has 2 aromatic rings. The molecule has 0 atom stereocenters. The highest BCUT2D eigenvalue weighted by molar-refractivity contribution is 6.30. The Labute approximate surface area is 153 Å². The first kappa shape index (κ1) is 17.9. The summed E-state index contributed by atoms with van der Waals surface area (Å²) in [5.41, 5.74) is 8.47. The Bertz CT molecular complexity index is 737. The van der Waals surface area contributed by atoms with Gasteiger partial charge in [-0.1, -0.05) is 23.7 Å². The molecule has 25 heavy (non-hydrogen) atoms. The summed E-state index contributed by atoms with van der Waals surface area (Å²) >= 11 is 6.13. The summed E-state index contributed by atoms with van der Waals surface area (Å²) in [6.07, 6.45) is 2.51. The number of nitrogens with zero attached hydrogens (tertiary/aromatic N) is 4. The number of rotatable bonds is 6. The van der Waals surface area contributed by atoms with Gasteiger partial charge in [0.05, 0.1) is 5.69 Å². The third-order valence-electron chi connectivity index (χ3n) is 4.54. The third kappa shape index (κ3) is 4.81. The number of carbonyl (C=O) groups is 1. The van der Waals surface area contributed by atoms with Crippen LogP contribution >= 0.6 is 11.6 Å². The Morgan fingerprint density at radius 2 is 1.96 bits per heavy atom. The van der Waals surface area contributed by atoms with Crippen molar-refractivity contribution in [1.29, 1.82) is 0 Å². The van der Waals surface area contributed by atoms with E-state index in [2.05, 4.69) is 21.1 Å². The van der Waals surface area contributed by atoms with E-state index >= 15 is 0 Å². The van der Waals surface area contributed by atoms with E-state index in [1.54, 1.807) is 0 Å². The van der Waals surface area contributed by atoms with Gasteiger partial charge in [0.15, 0.2) is 0 Å². The normalized spacial score (nSPS) is 16.2. The number of nitrogens with two attached hydrogens (primary N) is 1. The highest BCUT2D eigenvalue weighted by atomic mass is 35.5. The summed E-state index contributed by atoms with van der Waals surface area (Å²) < 4.78 is 1.86. The Kier molecular flexibility index (Phi) is 5.73. The molecule has 1 aromatic carbocycles. The number of hydrogen-bond donors (Lipinski definition) is 1. The van der Waals surface area contributed by atoms with Gasteiger partial charge in [-0.3, -0.25) is 14.4 Å². The SMILES string of the molecule is Cn1cc(CN2CCN(CCC(N)=O)CC2)c(-c2cccc(Cl)c2)n1. The fourth-order valence-electron chi connectivity index (χ4n) is 3.21. The van der Waals surface area contributed by atoms with Crippen LogP contribution in [0.1, 0.15) is 12.0 Å². The summed E-state index contributed by atoms with van der Waals surface area (Å²) in [5, 5.41) is 5.34. The van der Waals surface area contributed by atoms with E-state index < -0.39 is 0 Å². The second-order valence-corrected chi connectivity index (χ2v) is 6.96. The summed E-state index contributed by atoms with van der Waals surface area (Å²) in [4.78, 5) is 15.6. The van der Waals surface area contributed by atoms with Crippen molar-refractivity contribution in [3.05, 3.63) is 41.0 Å². The lowest BCUT2D eigenvalue weighted by atomic mass is 10.1. The maximum atomic E-state index is 10.9. The van der Waals surface area contributed by atoms with Crippen LogP contribution in [0.4, 0.5) is 0 Å². The number of benzene rings is 1. The molecule has 0 spiro atoms. The second kappa shape index (κ2) is 7.99. The predicted octanol–water partition coefficient (Wildman–Crippen LogP) is 1.73. The average Bonchev–Trinajstić information content (AvgIpc) is 2.94. The quantitative estimate of drug-likeness (QED) is 0.851. The molecule has 1 aliphatic rings. The number of aryl methyl sites for hydroxylation is 1. The molecule has 1 fully saturated rings. The molecular formula is C18H24ClN5O. The van der Waals surface area contributed by atoms with Crippen molar-refractivity contribution in [2.24, 2.45) is 12.8 Å². The van der Waals surface area contributed by atoms with Gasteiger partial charge >= 0.3 is 0 Å². The van der Waals surface area contributed by atoms with Gasteiger partial charge < -0.3 is 10.6 Å². The molecule has 2 N–H and O–H groups in total. The standard InChI is InChI=1S/C18H24ClN5O/c1-22-12-15(18(21-22)14-3-2-4-16(19)11-14)13-24-9-7-23(8-10-24)6-5-17(20)25/h2-4,11-12H,5-10,13H2,1H3,(H2,20,25). The fourth-order valence-corrected chi connectivity index (χ4v) is 3.40. The van der Waals surface area contributed by atoms with Crippen molar-refractivity contribution in [1.82, 2.24) is 19.6 Å². The van der Waals surface area contributed by atoms with Crippen molar-refractivity contribution in [3.63, 3.8) is 0 Å². The van der Waals surface area contributed by atoms with Crippen molar-refractivity contribution in [3.8, 4) is 11.3 Å². The zero-order valence-electron chi connectivity index (χ0n) is 14.5. The molecule has 1 aromatic heterocycles. The van der Waals surface area contributed by atoms with Gasteiger partial charge in [-0.15, -0.1) is 0 Å². The molecule has 1 amide bonds. The highest BCUT2D eigenvalue weighted by Gasteiger charge is 2.19. The predicted molar refractivity (Wildman–Crippen MR) is 99.2 cm³/mol. The van der Waals surface area contributed by atoms with Gasteiger partial charge in [-0.2, -0.15) is 5.10 Å². The Balaban J connectivity index is 1.64. The number of aromatic nitrogens is 2.